The molecule has 27 heavy (non-hydrogen) atoms. The van der Waals surface area contributed by atoms with E-state index in [2.05, 4.69) is 22.0 Å². The maximum absolute atomic E-state index is 11.7. The Balaban J connectivity index is 1.82. The number of hydrogen-bond donors (Lipinski definition) is 1. The molecule has 0 atom stereocenters. The van der Waals surface area contributed by atoms with Gasteiger partial charge >= 0.3 is 0 Å². The molecule has 0 spiro atoms. The van der Waals surface area contributed by atoms with E-state index < -0.39 is 0 Å². The zero-order chi connectivity index (χ0) is 19.1. The van der Waals surface area contributed by atoms with Gasteiger partial charge in [0, 0.05) is 6.54 Å². The third-order valence-electron chi connectivity index (χ3n) is 3.69. The average Bonchev–Trinajstić information content (AvgIpc) is 3.20. The molecular weight excluding hydrogens is 346 g/mol. The van der Waals surface area contributed by atoms with E-state index in [4.69, 9.17) is 14.0 Å². The second-order valence-corrected chi connectivity index (χ2v) is 5.50. The predicted octanol–water partition coefficient (Wildman–Crippen LogP) is 3.09. The summed E-state index contributed by atoms with van der Waals surface area (Å²) in [5.41, 5.74) is 1.32. The fraction of sp³-hybridized carbons (Fsp3) is 0.150. The number of rotatable bonds is 8. The van der Waals surface area contributed by atoms with Crippen molar-refractivity contribution in [3.8, 4) is 34.3 Å². The van der Waals surface area contributed by atoms with Crippen molar-refractivity contribution in [1.29, 1.82) is 0 Å². The Hall–Kier alpha value is -3.61. The summed E-state index contributed by atoms with van der Waals surface area (Å²) in [6.45, 7) is 3.82. The molecule has 0 radical (unpaired) electrons. The fourth-order valence-corrected chi connectivity index (χ4v) is 2.42. The molecule has 0 saturated carbocycles. The van der Waals surface area contributed by atoms with Gasteiger partial charge in [0.05, 0.1) is 18.2 Å². The summed E-state index contributed by atoms with van der Waals surface area (Å²) >= 11 is 0. The second-order valence-electron chi connectivity index (χ2n) is 5.50. The number of nitrogens with zero attached hydrogens (tertiary/aromatic N) is 2. The van der Waals surface area contributed by atoms with Crippen molar-refractivity contribution in [3.63, 3.8) is 0 Å². The molecule has 1 amide bonds. The number of para-hydroxylation sites is 2. The molecule has 3 aromatic rings. The first kappa shape index (κ1) is 18.2. The lowest BCUT2D eigenvalue weighted by Gasteiger charge is -2.09. The van der Waals surface area contributed by atoms with Crippen molar-refractivity contribution in [3.05, 3.63) is 61.2 Å². The zero-order valence-electron chi connectivity index (χ0n) is 14.8. The molecule has 0 saturated heterocycles. The van der Waals surface area contributed by atoms with Crippen LogP contribution in [0, 0.1) is 0 Å². The monoisotopic (exact) mass is 365 g/mol. The van der Waals surface area contributed by atoms with Crippen molar-refractivity contribution in [1.82, 2.24) is 15.5 Å². The third-order valence-corrected chi connectivity index (χ3v) is 3.69. The van der Waals surface area contributed by atoms with Crippen LogP contribution in [0.5, 0.6) is 11.5 Å². The SMILES string of the molecule is C=CCNC(=O)COc1ccccc1-c1noc(-c2ccccc2OC)n1. The highest BCUT2D eigenvalue weighted by atomic mass is 16.5. The van der Waals surface area contributed by atoms with Crippen LogP contribution in [0.3, 0.4) is 0 Å². The first-order valence-corrected chi connectivity index (χ1v) is 8.30. The third kappa shape index (κ3) is 4.33. The number of carbonyl (C=O) groups excluding carboxylic acids is 1. The lowest BCUT2D eigenvalue weighted by Crippen LogP contribution is -2.28. The molecule has 138 valence electrons. The highest BCUT2D eigenvalue weighted by Gasteiger charge is 2.17. The standard InChI is InChI=1S/C20H19N3O4/c1-3-12-21-18(24)13-26-17-11-7-4-8-14(17)19-22-20(27-23-19)15-9-5-6-10-16(15)25-2/h3-11H,1,12-13H2,2H3,(H,21,24). The highest BCUT2D eigenvalue weighted by Crippen LogP contribution is 2.32. The highest BCUT2D eigenvalue weighted by molar-refractivity contribution is 5.78. The fourth-order valence-electron chi connectivity index (χ4n) is 2.42. The van der Waals surface area contributed by atoms with Crippen LogP contribution in [0.4, 0.5) is 0 Å². The Morgan fingerprint density at radius 3 is 2.59 bits per heavy atom. The number of carbonyl (C=O) groups is 1. The lowest BCUT2D eigenvalue weighted by molar-refractivity contribution is -0.122. The van der Waals surface area contributed by atoms with Gasteiger partial charge in [-0.2, -0.15) is 4.98 Å². The van der Waals surface area contributed by atoms with Gasteiger partial charge in [-0.05, 0) is 24.3 Å². The van der Waals surface area contributed by atoms with Gasteiger partial charge in [0.15, 0.2) is 6.61 Å². The molecule has 1 N–H and O–H groups in total. The second kappa shape index (κ2) is 8.66. The Morgan fingerprint density at radius 1 is 1.15 bits per heavy atom. The number of nitrogens with one attached hydrogen (secondary N) is 1. The molecule has 1 aromatic heterocycles. The van der Waals surface area contributed by atoms with Crippen LogP contribution >= 0.6 is 0 Å². The minimum Gasteiger partial charge on any atom is -0.496 e. The number of amides is 1. The van der Waals surface area contributed by atoms with E-state index in [1.54, 1.807) is 25.3 Å². The van der Waals surface area contributed by atoms with Crippen molar-refractivity contribution in [2.45, 2.75) is 0 Å². The molecule has 7 nitrogen and oxygen atoms in total. The van der Waals surface area contributed by atoms with Crippen molar-refractivity contribution in [2.75, 3.05) is 20.3 Å². The Kier molecular flexibility index (Phi) is 5.84. The lowest BCUT2D eigenvalue weighted by atomic mass is 10.2. The van der Waals surface area contributed by atoms with Gasteiger partial charge in [-0.1, -0.05) is 35.5 Å². The van der Waals surface area contributed by atoms with Gasteiger partial charge in [0.2, 0.25) is 5.82 Å². The van der Waals surface area contributed by atoms with Crippen molar-refractivity contribution < 1.29 is 18.8 Å². The summed E-state index contributed by atoms with van der Waals surface area (Å²) in [6.07, 6.45) is 1.60. The molecule has 0 unspecified atom stereocenters. The topological polar surface area (TPSA) is 86.5 Å². The number of hydrogen-bond acceptors (Lipinski definition) is 6. The maximum atomic E-state index is 11.7. The van der Waals surface area contributed by atoms with Gasteiger partial charge < -0.3 is 19.3 Å². The zero-order valence-corrected chi connectivity index (χ0v) is 14.8. The first-order valence-electron chi connectivity index (χ1n) is 8.30. The summed E-state index contributed by atoms with van der Waals surface area (Å²) in [5, 5.41) is 6.69. The predicted molar refractivity (Wildman–Crippen MR) is 100 cm³/mol. The quantitative estimate of drug-likeness (QED) is 0.617. The normalized spacial score (nSPS) is 10.3. The maximum Gasteiger partial charge on any atom is 0.262 e. The van der Waals surface area contributed by atoms with E-state index in [-0.39, 0.29) is 12.5 Å². The first-order chi connectivity index (χ1) is 13.2. The summed E-state index contributed by atoms with van der Waals surface area (Å²) in [6, 6.07) is 14.6. The summed E-state index contributed by atoms with van der Waals surface area (Å²) < 4.78 is 16.3. The molecular formula is C20H19N3O4. The number of benzene rings is 2. The van der Waals surface area contributed by atoms with Crippen LogP contribution in [0.15, 0.2) is 65.7 Å². The van der Waals surface area contributed by atoms with Gasteiger partial charge in [-0.15, -0.1) is 6.58 Å². The number of ether oxygens (including phenoxy) is 2. The van der Waals surface area contributed by atoms with E-state index in [0.717, 1.165) is 0 Å². The van der Waals surface area contributed by atoms with Crippen molar-refractivity contribution in [2.24, 2.45) is 0 Å². The molecule has 7 heteroatoms. The van der Waals surface area contributed by atoms with E-state index in [9.17, 15) is 4.79 Å². The van der Waals surface area contributed by atoms with Crippen LogP contribution in [0.2, 0.25) is 0 Å². The Morgan fingerprint density at radius 2 is 1.85 bits per heavy atom. The summed E-state index contributed by atoms with van der Waals surface area (Å²) in [5.74, 6) is 1.57. The van der Waals surface area contributed by atoms with Crippen LogP contribution < -0.4 is 14.8 Å². The Bertz CT molecular complexity index is 936. The van der Waals surface area contributed by atoms with Gasteiger partial charge in [0.1, 0.15) is 11.5 Å². The van der Waals surface area contributed by atoms with Gasteiger partial charge in [-0.3, -0.25) is 4.79 Å². The molecule has 0 aliphatic heterocycles. The van der Waals surface area contributed by atoms with E-state index >= 15 is 0 Å². The van der Waals surface area contributed by atoms with Gasteiger partial charge in [-0.25, -0.2) is 0 Å². The molecule has 0 aliphatic carbocycles. The van der Waals surface area contributed by atoms with Crippen LogP contribution in [-0.2, 0) is 4.79 Å². The number of methoxy groups -OCH3 is 1. The average molecular weight is 365 g/mol. The molecule has 0 aliphatic rings. The molecule has 0 bridgehead atoms. The van der Waals surface area contributed by atoms with E-state index in [1.807, 2.05) is 36.4 Å². The van der Waals surface area contributed by atoms with E-state index in [1.165, 1.54) is 0 Å². The van der Waals surface area contributed by atoms with Crippen LogP contribution in [-0.4, -0.2) is 36.3 Å². The number of aromatic nitrogens is 2. The van der Waals surface area contributed by atoms with Crippen LogP contribution in [0.1, 0.15) is 0 Å². The summed E-state index contributed by atoms with van der Waals surface area (Å²) in [4.78, 5) is 16.2. The largest absolute Gasteiger partial charge is 0.496 e. The molecule has 3 rings (SSSR count). The molecule has 2 aromatic carbocycles. The minimum absolute atomic E-state index is 0.123. The molecule has 0 fully saturated rings. The Labute approximate surface area is 156 Å². The molecule has 1 heterocycles. The van der Waals surface area contributed by atoms with E-state index in [0.29, 0.717) is 40.9 Å². The van der Waals surface area contributed by atoms with Crippen molar-refractivity contribution >= 4 is 5.91 Å². The smallest absolute Gasteiger partial charge is 0.262 e. The van der Waals surface area contributed by atoms with Gasteiger partial charge in [0.25, 0.3) is 11.8 Å². The summed E-state index contributed by atoms with van der Waals surface area (Å²) in [7, 11) is 1.58. The minimum atomic E-state index is -0.243. The van der Waals surface area contributed by atoms with Crippen LogP contribution in [0.25, 0.3) is 22.8 Å².